The first kappa shape index (κ1) is 18.6. The van der Waals surface area contributed by atoms with Crippen molar-refractivity contribution >= 4 is 17.5 Å². The molecule has 5 nitrogen and oxygen atoms in total. The molecule has 3 aromatic carbocycles. The van der Waals surface area contributed by atoms with Crippen molar-refractivity contribution in [3.05, 3.63) is 100 Å². The highest BCUT2D eigenvalue weighted by Gasteiger charge is 2.33. The Morgan fingerprint density at radius 1 is 0.793 bits per heavy atom. The molecule has 5 heteroatoms. The molecule has 0 amide bonds. The normalized spacial score (nSPS) is 12.2. The Morgan fingerprint density at radius 2 is 1.48 bits per heavy atom. The summed E-state index contributed by atoms with van der Waals surface area (Å²) in [6.45, 7) is 2.16. The first-order valence-corrected chi connectivity index (χ1v) is 9.24. The lowest BCUT2D eigenvalue weighted by Crippen LogP contribution is -2.24. The van der Waals surface area contributed by atoms with Gasteiger partial charge >= 0.3 is 5.97 Å². The third-order valence-corrected chi connectivity index (χ3v) is 4.75. The SMILES string of the molecule is Cc1cccc(OCCOC(=O)c2cccc3c2C(=O)c2ccccc2C3=O)c1. The molecule has 1 aliphatic carbocycles. The molecule has 0 spiro atoms. The van der Waals surface area contributed by atoms with Gasteiger partial charge in [0, 0.05) is 22.3 Å². The van der Waals surface area contributed by atoms with Crippen molar-refractivity contribution in [2.45, 2.75) is 6.92 Å². The monoisotopic (exact) mass is 386 g/mol. The molecular formula is C24H18O5. The van der Waals surface area contributed by atoms with E-state index >= 15 is 0 Å². The van der Waals surface area contributed by atoms with Crippen LogP contribution in [0.4, 0.5) is 0 Å². The molecule has 0 radical (unpaired) electrons. The first-order chi connectivity index (χ1) is 14.1. The van der Waals surface area contributed by atoms with E-state index in [2.05, 4.69) is 0 Å². The summed E-state index contributed by atoms with van der Waals surface area (Å²) in [5.41, 5.74) is 2.12. The maximum Gasteiger partial charge on any atom is 0.339 e. The number of esters is 1. The number of benzene rings is 3. The topological polar surface area (TPSA) is 69.7 Å². The Labute approximate surface area is 167 Å². The van der Waals surface area contributed by atoms with Gasteiger partial charge in [-0.05, 0) is 30.7 Å². The summed E-state index contributed by atoms with van der Waals surface area (Å²) >= 11 is 0. The molecule has 3 aromatic rings. The van der Waals surface area contributed by atoms with Crippen molar-refractivity contribution in [1.29, 1.82) is 0 Å². The second kappa shape index (κ2) is 7.72. The van der Waals surface area contributed by atoms with Crippen molar-refractivity contribution in [3.8, 4) is 5.75 Å². The Kier molecular flexibility index (Phi) is 4.96. The molecule has 4 rings (SSSR count). The fourth-order valence-corrected chi connectivity index (χ4v) is 3.39. The van der Waals surface area contributed by atoms with Crippen LogP contribution in [0, 0.1) is 6.92 Å². The fraction of sp³-hybridized carbons (Fsp3) is 0.125. The van der Waals surface area contributed by atoms with Crippen LogP contribution in [0.2, 0.25) is 0 Å². The molecule has 0 aliphatic heterocycles. The molecule has 0 bridgehead atoms. The highest BCUT2D eigenvalue weighted by atomic mass is 16.6. The maximum absolute atomic E-state index is 12.9. The zero-order chi connectivity index (χ0) is 20.4. The molecule has 0 N–H and O–H groups in total. The van der Waals surface area contributed by atoms with Gasteiger partial charge < -0.3 is 9.47 Å². The van der Waals surface area contributed by atoms with Gasteiger partial charge in [0.2, 0.25) is 0 Å². The number of carbonyl (C=O) groups is 3. The van der Waals surface area contributed by atoms with Gasteiger partial charge in [0.25, 0.3) is 0 Å². The molecule has 0 fully saturated rings. The van der Waals surface area contributed by atoms with E-state index in [-0.39, 0.29) is 41.5 Å². The van der Waals surface area contributed by atoms with E-state index in [9.17, 15) is 14.4 Å². The number of carbonyl (C=O) groups excluding carboxylic acids is 3. The predicted octanol–water partition coefficient (Wildman–Crippen LogP) is 4.01. The Bertz CT molecular complexity index is 1130. The number of hydrogen-bond acceptors (Lipinski definition) is 5. The lowest BCUT2D eigenvalue weighted by Gasteiger charge is -2.19. The number of aryl methyl sites for hydroxylation is 1. The lowest BCUT2D eigenvalue weighted by molar-refractivity contribution is 0.0448. The Morgan fingerprint density at radius 3 is 2.24 bits per heavy atom. The molecule has 0 unspecified atom stereocenters. The number of ether oxygens (including phenoxy) is 2. The van der Waals surface area contributed by atoms with E-state index in [1.54, 1.807) is 36.4 Å². The molecular weight excluding hydrogens is 368 g/mol. The Balaban J connectivity index is 1.50. The van der Waals surface area contributed by atoms with E-state index in [1.165, 1.54) is 6.07 Å². The van der Waals surface area contributed by atoms with E-state index < -0.39 is 5.97 Å². The van der Waals surface area contributed by atoms with Crippen LogP contribution in [-0.2, 0) is 4.74 Å². The third-order valence-electron chi connectivity index (χ3n) is 4.75. The third kappa shape index (κ3) is 3.55. The van der Waals surface area contributed by atoms with Crippen LogP contribution in [-0.4, -0.2) is 30.7 Å². The second-order valence-electron chi connectivity index (χ2n) is 6.73. The standard InChI is InChI=1S/C24H18O5/c1-15-6-4-7-16(14-15)28-12-13-29-24(27)20-11-5-10-19-21(20)23(26)18-9-3-2-8-17(18)22(19)25/h2-11,14H,12-13H2,1H3. The highest BCUT2D eigenvalue weighted by Crippen LogP contribution is 2.29. The smallest absolute Gasteiger partial charge is 0.339 e. The quantitative estimate of drug-likeness (QED) is 0.383. The first-order valence-electron chi connectivity index (χ1n) is 9.24. The van der Waals surface area contributed by atoms with Crippen molar-refractivity contribution < 1.29 is 23.9 Å². The van der Waals surface area contributed by atoms with Crippen molar-refractivity contribution in [2.24, 2.45) is 0 Å². The van der Waals surface area contributed by atoms with Crippen LogP contribution in [0.1, 0.15) is 47.8 Å². The molecule has 0 saturated heterocycles. The van der Waals surface area contributed by atoms with Crippen LogP contribution in [0.5, 0.6) is 5.75 Å². The molecule has 0 saturated carbocycles. The number of ketones is 2. The average Bonchev–Trinajstić information content (AvgIpc) is 2.74. The minimum absolute atomic E-state index is 0.0230. The zero-order valence-electron chi connectivity index (χ0n) is 15.8. The van der Waals surface area contributed by atoms with E-state index in [0.29, 0.717) is 16.9 Å². The molecule has 144 valence electrons. The number of hydrogen-bond donors (Lipinski definition) is 0. The summed E-state index contributed by atoms with van der Waals surface area (Å²) in [5, 5.41) is 0. The van der Waals surface area contributed by atoms with Crippen LogP contribution in [0.15, 0.2) is 66.7 Å². The molecule has 29 heavy (non-hydrogen) atoms. The van der Waals surface area contributed by atoms with Crippen molar-refractivity contribution in [3.63, 3.8) is 0 Å². The molecule has 0 heterocycles. The summed E-state index contributed by atoms with van der Waals surface area (Å²) in [4.78, 5) is 38.3. The minimum Gasteiger partial charge on any atom is -0.490 e. The second-order valence-corrected chi connectivity index (χ2v) is 6.73. The largest absolute Gasteiger partial charge is 0.490 e. The van der Waals surface area contributed by atoms with E-state index in [1.807, 2.05) is 31.2 Å². The van der Waals surface area contributed by atoms with Crippen molar-refractivity contribution in [1.82, 2.24) is 0 Å². The van der Waals surface area contributed by atoms with Gasteiger partial charge in [-0.25, -0.2) is 4.79 Å². The predicted molar refractivity (Wildman–Crippen MR) is 107 cm³/mol. The fourth-order valence-electron chi connectivity index (χ4n) is 3.39. The molecule has 0 atom stereocenters. The van der Waals surface area contributed by atoms with Crippen LogP contribution in [0.3, 0.4) is 0 Å². The number of rotatable bonds is 5. The van der Waals surface area contributed by atoms with Gasteiger partial charge in [0.15, 0.2) is 11.6 Å². The van der Waals surface area contributed by atoms with Gasteiger partial charge in [0.1, 0.15) is 19.0 Å². The molecule has 1 aliphatic rings. The van der Waals surface area contributed by atoms with Crippen LogP contribution in [0.25, 0.3) is 0 Å². The Hall–Kier alpha value is -3.73. The van der Waals surface area contributed by atoms with Gasteiger partial charge in [0.05, 0.1) is 5.56 Å². The van der Waals surface area contributed by atoms with Crippen LogP contribution >= 0.6 is 0 Å². The van der Waals surface area contributed by atoms with Gasteiger partial charge in [-0.2, -0.15) is 0 Å². The summed E-state index contributed by atoms with van der Waals surface area (Å²) in [6.07, 6.45) is 0. The van der Waals surface area contributed by atoms with Crippen LogP contribution < -0.4 is 4.74 Å². The van der Waals surface area contributed by atoms with Crippen molar-refractivity contribution in [2.75, 3.05) is 13.2 Å². The minimum atomic E-state index is -0.657. The van der Waals surface area contributed by atoms with Gasteiger partial charge in [-0.3, -0.25) is 9.59 Å². The summed E-state index contributed by atoms with van der Waals surface area (Å²) < 4.78 is 10.9. The summed E-state index contributed by atoms with van der Waals surface area (Å²) in [6, 6.07) is 18.8. The number of fused-ring (bicyclic) bond motifs is 2. The highest BCUT2D eigenvalue weighted by molar-refractivity contribution is 6.30. The maximum atomic E-state index is 12.9. The molecule has 0 aromatic heterocycles. The van der Waals surface area contributed by atoms with Gasteiger partial charge in [-0.15, -0.1) is 0 Å². The summed E-state index contributed by atoms with van der Waals surface area (Å²) in [7, 11) is 0. The van der Waals surface area contributed by atoms with E-state index in [4.69, 9.17) is 9.47 Å². The lowest BCUT2D eigenvalue weighted by atomic mass is 9.82. The van der Waals surface area contributed by atoms with Gasteiger partial charge in [-0.1, -0.05) is 48.5 Å². The summed E-state index contributed by atoms with van der Waals surface area (Å²) in [5.74, 6) is -0.586. The average molecular weight is 386 g/mol. The van der Waals surface area contributed by atoms with E-state index in [0.717, 1.165) is 5.56 Å². The zero-order valence-corrected chi connectivity index (χ0v) is 15.8.